The number of ketones is 1. The average Bonchev–Trinajstić information content (AvgIpc) is 3.37. The van der Waals surface area contributed by atoms with Crippen molar-refractivity contribution in [2.75, 3.05) is 4.90 Å². The lowest BCUT2D eigenvalue weighted by molar-refractivity contribution is -0.384. The van der Waals surface area contributed by atoms with Crippen LogP contribution in [0, 0.1) is 22.0 Å². The van der Waals surface area contributed by atoms with E-state index in [4.69, 9.17) is 11.6 Å². The molecule has 6 rings (SSSR count). The van der Waals surface area contributed by atoms with Gasteiger partial charge in [-0.15, -0.1) is 0 Å². The van der Waals surface area contributed by atoms with Gasteiger partial charge in [0.25, 0.3) is 5.69 Å². The normalized spacial score (nSPS) is 23.9. The van der Waals surface area contributed by atoms with Crippen molar-refractivity contribution in [3.8, 4) is 0 Å². The number of non-ortho nitro benzene ring substituents is 1. The van der Waals surface area contributed by atoms with Crippen molar-refractivity contribution in [3.05, 3.63) is 105 Å². The Balaban J connectivity index is 1.51. The first-order valence-corrected chi connectivity index (χ1v) is 11.6. The number of hydrogen-bond donors (Lipinski definition) is 0. The molecule has 2 amide bonds. The number of hydrazone groups is 1. The van der Waals surface area contributed by atoms with Crippen LogP contribution in [0.3, 0.4) is 0 Å². The van der Waals surface area contributed by atoms with E-state index in [9.17, 15) is 24.5 Å². The standard InChI is InChI=1S/C26H17ClN4O5/c27-18-11-10-16(31(35)36)12-19(18)29-25(33)20-21(26(29)34)23(24(32)14-6-2-1-3-7-14)30-22(20)17-9-5-4-8-15(17)13-28-30/h1-13,20-23H/t20-,21-,22+,23+/m1/s1. The van der Waals surface area contributed by atoms with Gasteiger partial charge in [0.1, 0.15) is 6.04 Å². The van der Waals surface area contributed by atoms with Crippen molar-refractivity contribution in [3.63, 3.8) is 0 Å². The lowest BCUT2D eigenvalue weighted by Crippen LogP contribution is -2.44. The highest BCUT2D eigenvalue weighted by molar-refractivity contribution is 6.36. The number of amides is 2. The van der Waals surface area contributed by atoms with E-state index in [1.54, 1.807) is 41.6 Å². The second kappa shape index (κ2) is 8.10. The minimum atomic E-state index is -1.05. The molecule has 0 radical (unpaired) electrons. The van der Waals surface area contributed by atoms with Crippen LogP contribution in [-0.2, 0) is 9.59 Å². The summed E-state index contributed by atoms with van der Waals surface area (Å²) in [5.41, 5.74) is 1.58. The maximum absolute atomic E-state index is 13.9. The average molecular weight is 501 g/mol. The van der Waals surface area contributed by atoms with E-state index in [-0.39, 0.29) is 22.2 Å². The van der Waals surface area contributed by atoms with E-state index in [1.807, 2.05) is 24.3 Å². The number of carbonyl (C=O) groups is 3. The fraction of sp³-hybridized carbons (Fsp3) is 0.154. The molecule has 0 N–H and O–H groups in total. The Morgan fingerprint density at radius 2 is 1.64 bits per heavy atom. The van der Waals surface area contributed by atoms with Crippen molar-refractivity contribution < 1.29 is 19.3 Å². The van der Waals surface area contributed by atoms with Crippen LogP contribution in [0.25, 0.3) is 0 Å². The maximum atomic E-state index is 13.9. The lowest BCUT2D eigenvalue weighted by Gasteiger charge is -2.33. The van der Waals surface area contributed by atoms with Crippen molar-refractivity contribution in [1.82, 2.24) is 5.01 Å². The molecule has 3 aromatic rings. The Morgan fingerprint density at radius 1 is 0.944 bits per heavy atom. The number of nitrogens with zero attached hydrogens (tertiary/aromatic N) is 4. The number of rotatable bonds is 4. The molecule has 0 aromatic heterocycles. The predicted molar refractivity (Wildman–Crippen MR) is 131 cm³/mol. The fourth-order valence-corrected chi connectivity index (χ4v) is 5.67. The smallest absolute Gasteiger partial charge is 0.271 e. The zero-order valence-corrected chi connectivity index (χ0v) is 19.3. The molecule has 3 heterocycles. The molecule has 0 bridgehead atoms. The number of anilines is 1. The number of nitro groups is 1. The molecule has 3 aliphatic heterocycles. The van der Waals surface area contributed by atoms with Crippen LogP contribution in [0.4, 0.5) is 11.4 Å². The number of carbonyl (C=O) groups excluding carboxylic acids is 3. The highest BCUT2D eigenvalue weighted by atomic mass is 35.5. The summed E-state index contributed by atoms with van der Waals surface area (Å²) in [6, 6.07) is 17.8. The molecule has 2 saturated heterocycles. The predicted octanol–water partition coefficient (Wildman–Crippen LogP) is 4.01. The zero-order chi connectivity index (χ0) is 25.1. The summed E-state index contributed by atoms with van der Waals surface area (Å²) < 4.78 is 0. The molecule has 2 fully saturated rings. The molecule has 3 aliphatic rings. The van der Waals surface area contributed by atoms with Gasteiger partial charge >= 0.3 is 0 Å². The SMILES string of the molecule is O=C(c1ccccc1)[C@@H]1[C@@H]2C(=O)N(c3cc([N+](=O)[O-])ccc3Cl)C(=O)[C@H]2[C@@H]2c3ccccc3C=NN12. The molecule has 0 saturated carbocycles. The van der Waals surface area contributed by atoms with E-state index < -0.39 is 40.7 Å². The third kappa shape index (κ3) is 3.09. The van der Waals surface area contributed by atoms with E-state index >= 15 is 0 Å². The molecule has 0 unspecified atom stereocenters. The van der Waals surface area contributed by atoms with Crippen LogP contribution in [-0.4, -0.2) is 39.8 Å². The first-order chi connectivity index (χ1) is 17.4. The van der Waals surface area contributed by atoms with Crippen LogP contribution in [0.5, 0.6) is 0 Å². The molecule has 10 heteroatoms. The highest BCUT2D eigenvalue weighted by Gasteiger charge is 2.65. The summed E-state index contributed by atoms with van der Waals surface area (Å²) in [6.07, 6.45) is 1.63. The summed E-state index contributed by atoms with van der Waals surface area (Å²) >= 11 is 6.31. The summed E-state index contributed by atoms with van der Waals surface area (Å²) in [5, 5.41) is 17.5. The molecular weight excluding hydrogens is 484 g/mol. The van der Waals surface area contributed by atoms with Gasteiger partial charge in [0.15, 0.2) is 5.78 Å². The van der Waals surface area contributed by atoms with Crippen LogP contribution in [0.1, 0.15) is 27.5 Å². The topological polar surface area (TPSA) is 113 Å². The van der Waals surface area contributed by atoms with Gasteiger partial charge in [0.2, 0.25) is 11.8 Å². The number of hydrogen-bond acceptors (Lipinski definition) is 7. The molecule has 36 heavy (non-hydrogen) atoms. The highest BCUT2D eigenvalue weighted by Crippen LogP contribution is 2.53. The van der Waals surface area contributed by atoms with Crippen molar-refractivity contribution in [2.24, 2.45) is 16.9 Å². The largest absolute Gasteiger partial charge is 0.292 e. The van der Waals surface area contributed by atoms with Crippen LogP contribution < -0.4 is 4.90 Å². The fourth-order valence-electron chi connectivity index (χ4n) is 5.47. The third-order valence-electron chi connectivity index (χ3n) is 7.00. The molecular formula is C26H17ClN4O5. The van der Waals surface area contributed by atoms with Gasteiger partial charge in [0.05, 0.1) is 39.7 Å². The Bertz CT molecular complexity index is 1490. The minimum Gasteiger partial charge on any atom is -0.292 e. The van der Waals surface area contributed by atoms with Gasteiger partial charge in [-0.1, -0.05) is 66.2 Å². The van der Waals surface area contributed by atoms with Crippen LogP contribution in [0.2, 0.25) is 5.02 Å². The molecule has 0 spiro atoms. The molecule has 9 nitrogen and oxygen atoms in total. The lowest BCUT2D eigenvalue weighted by atomic mass is 9.83. The molecule has 3 aromatic carbocycles. The van der Waals surface area contributed by atoms with Gasteiger partial charge < -0.3 is 0 Å². The summed E-state index contributed by atoms with van der Waals surface area (Å²) in [6.45, 7) is 0. The van der Waals surface area contributed by atoms with E-state index in [1.165, 1.54) is 12.1 Å². The monoisotopic (exact) mass is 500 g/mol. The van der Waals surface area contributed by atoms with Crippen LogP contribution in [0.15, 0.2) is 77.9 Å². The number of Topliss-reactive ketones (excluding diaryl/α,β-unsaturated/α-hetero) is 1. The van der Waals surface area contributed by atoms with Gasteiger partial charge in [-0.25, -0.2) is 4.90 Å². The van der Waals surface area contributed by atoms with Gasteiger partial charge in [-0.05, 0) is 17.2 Å². The number of benzene rings is 3. The summed E-state index contributed by atoms with van der Waals surface area (Å²) in [7, 11) is 0. The first kappa shape index (κ1) is 22.1. The minimum absolute atomic E-state index is 0.0205. The van der Waals surface area contributed by atoms with E-state index in [0.717, 1.165) is 22.1 Å². The number of fused-ring (bicyclic) bond motifs is 5. The Hall–Kier alpha value is -4.37. The molecule has 0 aliphatic carbocycles. The third-order valence-corrected chi connectivity index (χ3v) is 7.32. The zero-order valence-electron chi connectivity index (χ0n) is 18.5. The van der Waals surface area contributed by atoms with Gasteiger partial charge in [-0.2, -0.15) is 5.10 Å². The van der Waals surface area contributed by atoms with Gasteiger partial charge in [0, 0.05) is 17.7 Å². The first-order valence-electron chi connectivity index (χ1n) is 11.2. The van der Waals surface area contributed by atoms with Crippen molar-refractivity contribution >= 4 is 46.8 Å². The van der Waals surface area contributed by atoms with Crippen molar-refractivity contribution in [2.45, 2.75) is 12.1 Å². The summed E-state index contributed by atoms with van der Waals surface area (Å²) in [4.78, 5) is 53.2. The van der Waals surface area contributed by atoms with E-state index in [0.29, 0.717) is 5.56 Å². The Morgan fingerprint density at radius 3 is 2.39 bits per heavy atom. The Kier molecular flexibility index (Phi) is 4.97. The summed E-state index contributed by atoms with van der Waals surface area (Å²) in [5.74, 6) is -3.52. The molecule has 178 valence electrons. The molecule has 4 atom stereocenters. The van der Waals surface area contributed by atoms with Gasteiger partial charge in [-0.3, -0.25) is 29.5 Å². The van der Waals surface area contributed by atoms with E-state index in [2.05, 4.69) is 5.10 Å². The maximum Gasteiger partial charge on any atom is 0.271 e. The Labute approximate surface area is 209 Å². The number of nitro benzene ring substituents is 1. The second-order valence-electron chi connectivity index (χ2n) is 8.83. The number of halogens is 1. The quantitative estimate of drug-likeness (QED) is 0.231. The number of imide groups is 1. The van der Waals surface area contributed by atoms with Crippen molar-refractivity contribution in [1.29, 1.82) is 0 Å². The second-order valence-corrected chi connectivity index (χ2v) is 9.24. The van der Waals surface area contributed by atoms with Crippen LogP contribution >= 0.6 is 11.6 Å².